The minimum absolute atomic E-state index is 0.00492. The Hall–Kier alpha value is -2.06. The van der Waals surface area contributed by atoms with Crippen molar-refractivity contribution in [2.45, 2.75) is 39.2 Å². The van der Waals surface area contributed by atoms with Gasteiger partial charge >= 0.3 is 0 Å². The number of carbonyl (C=O) groups is 2. The van der Waals surface area contributed by atoms with Crippen LogP contribution in [0, 0.1) is 12.3 Å². The number of rotatable bonds is 4. The van der Waals surface area contributed by atoms with Crippen LogP contribution in [-0.2, 0) is 20.9 Å². The Morgan fingerprint density at radius 3 is 2.72 bits per heavy atom. The van der Waals surface area contributed by atoms with E-state index in [4.69, 9.17) is 4.74 Å². The molecule has 3 saturated heterocycles. The molecule has 1 spiro atoms. The summed E-state index contributed by atoms with van der Waals surface area (Å²) in [5.41, 5.74) is 1.69. The van der Waals surface area contributed by atoms with Crippen LogP contribution in [0.15, 0.2) is 12.4 Å². The van der Waals surface area contributed by atoms with E-state index in [9.17, 15) is 9.59 Å². The molecule has 1 aromatic heterocycles. The number of morpholine rings is 1. The van der Waals surface area contributed by atoms with E-state index in [0.29, 0.717) is 39.3 Å². The van der Waals surface area contributed by atoms with E-state index in [1.165, 1.54) is 0 Å². The van der Waals surface area contributed by atoms with Gasteiger partial charge in [0.25, 0.3) is 0 Å². The molecular weight excluding hydrogens is 370 g/mol. The monoisotopic (exact) mass is 401 g/mol. The molecule has 1 atom stereocenters. The van der Waals surface area contributed by atoms with Crippen LogP contribution in [0.25, 0.3) is 0 Å². The van der Waals surface area contributed by atoms with Crippen molar-refractivity contribution >= 4 is 11.8 Å². The van der Waals surface area contributed by atoms with E-state index in [-0.39, 0.29) is 17.2 Å². The third-order valence-electron chi connectivity index (χ3n) is 6.41. The summed E-state index contributed by atoms with van der Waals surface area (Å²) in [7, 11) is 0. The third kappa shape index (κ3) is 4.93. The number of hydrogen-bond acceptors (Lipinski definition) is 6. The van der Waals surface area contributed by atoms with Gasteiger partial charge in [0.1, 0.15) is 0 Å². The van der Waals surface area contributed by atoms with Gasteiger partial charge in [-0.05, 0) is 26.2 Å². The maximum atomic E-state index is 12.9. The fraction of sp³-hybridized carbons (Fsp3) is 0.714. The Kier molecular flexibility index (Phi) is 6.10. The number of ether oxygens (including phenoxy) is 1. The zero-order valence-electron chi connectivity index (χ0n) is 17.3. The SMILES string of the molecule is Cc1cnc(CN2C[C@@]3(CCCN(C(=O)CN4CCOCC4)C3)CCC2=O)cn1. The molecule has 3 aliphatic heterocycles. The molecular formula is C21H31N5O3. The number of hydrogen-bond donors (Lipinski definition) is 0. The van der Waals surface area contributed by atoms with Crippen LogP contribution in [0.3, 0.4) is 0 Å². The number of piperidine rings is 2. The van der Waals surface area contributed by atoms with E-state index in [1.54, 1.807) is 12.4 Å². The predicted molar refractivity (Wildman–Crippen MR) is 107 cm³/mol. The van der Waals surface area contributed by atoms with Gasteiger partial charge in [-0.1, -0.05) is 0 Å². The van der Waals surface area contributed by atoms with Crippen LogP contribution in [0.4, 0.5) is 0 Å². The summed E-state index contributed by atoms with van der Waals surface area (Å²) in [5, 5.41) is 0. The molecule has 0 aliphatic carbocycles. The average Bonchev–Trinajstić information content (AvgIpc) is 2.73. The molecule has 0 N–H and O–H groups in total. The summed E-state index contributed by atoms with van der Waals surface area (Å²) in [6.45, 7) is 8.20. The van der Waals surface area contributed by atoms with Gasteiger partial charge in [0.15, 0.2) is 0 Å². The van der Waals surface area contributed by atoms with Crippen molar-refractivity contribution in [1.82, 2.24) is 24.7 Å². The van der Waals surface area contributed by atoms with Crippen LogP contribution < -0.4 is 0 Å². The molecule has 158 valence electrons. The standard InChI is InChI=1S/C21H31N5O3/c1-17-11-23-18(12-22-17)13-26-16-21(5-3-19(26)27)4-2-6-25(15-21)20(28)14-24-7-9-29-10-8-24/h11-12H,2-10,13-16H2,1H3/t21-/m0/s1. The molecule has 0 saturated carbocycles. The van der Waals surface area contributed by atoms with Gasteiger partial charge in [-0.2, -0.15) is 0 Å². The van der Waals surface area contributed by atoms with Gasteiger partial charge in [0.05, 0.1) is 43.9 Å². The highest BCUT2D eigenvalue weighted by molar-refractivity contribution is 5.79. The van der Waals surface area contributed by atoms with Crippen LogP contribution in [-0.4, -0.2) is 89.0 Å². The van der Waals surface area contributed by atoms with Crippen molar-refractivity contribution in [1.29, 1.82) is 0 Å². The molecule has 3 aliphatic rings. The Bertz CT molecular complexity index is 734. The molecule has 4 rings (SSSR count). The lowest BCUT2D eigenvalue weighted by Crippen LogP contribution is -2.56. The highest BCUT2D eigenvalue weighted by Gasteiger charge is 2.42. The Labute approximate surface area is 172 Å². The molecule has 0 aromatic carbocycles. The molecule has 29 heavy (non-hydrogen) atoms. The minimum atomic E-state index is 0.00492. The van der Waals surface area contributed by atoms with Crippen LogP contribution in [0.5, 0.6) is 0 Å². The molecule has 8 nitrogen and oxygen atoms in total. The lowest BCUT2D eigenvalue weighted by molar-refractivity contribution is -0.144. The van der Waals surface area contributed by atoms with Crippen molar-refractivity contribution in [3.63, 3.8) is 0 Å². The minimum Gasteiger partial charge on any atom is -0.379 e. The fourth-order valence-corrected chi connectivity index (χ4v) is 4.75. The summed E-state index contributed by atoms with van der Waals surface area (Å²) >= 11 is 0. The van der Waals surface area contributed by atoms with Gasteiger partial charge in [0, 0.05) is 50.8 Å². The second-order valence-electron chi connectivity index (χ2n) is 8.71. The molecule has 8 heteroatoms. The third-order valence-corrected chi connectivity index (χ3v) is 6.41. The lowest BCUT2D eigenvalue weighted by atomic mass is 9.73. The first-order valence-corrected chi connectivity index (χ1v) is 10.7. The van der Waals surface area contributed by atoms with Crippen LogP contribution in [0.2, 0.25) is 0 Å². The van der Waals surface area contributed by atoms with E-state index in [1.807, 2.05) is 16.7 Å². The molecule has 0 radical (unpaired) electrons. The quantitative estimate of drug-likeness (QED) is 0.744. The number of nitrogens with zero attached hydrogens (tertiary/aromatic N) is 5. The van der Waals surface area contributed by atoms with Gasteiger partial charge in [-0.15, -0.1) is 0 Å². The van der Waals surface area contributed by atoms with Crippen molar-refractivity contribution < 1.29 is 14.3 Å². The van der Waals surface area contributed by atoms with Gasteiger partial charge in [-0.3, -0.25) is 24.5 Å². The van der Waals surface area contributed by atoms with Crippen LogP contribution in [0.1, 0.15) is 37.1 Å². The fourth-order valence-electron chi connectivity index (χ4n) is 4.75. The normalized spacial score (nSPS) is 26.2. The van der Waals surface area contributed by atoms with E-state index >= 15 is 0 Å². The first kappa shape index (κ1) is 20.2. The summed E-state index contributed by atoms with van der Waals surface area (Å²) in [6, 6.07) is 0. The smallest absolute Gasteiger partial charge is 0.236 e. The van der Waals surface area contributed by atoms with E-state index in [0.717, 1.165) is 56.8 Å². The van der Waals surface area contributed by atoms with Gasteiger partial charge in [0.2, 0.25) is 11.8 Å². The maximum absolute atomic E-state index is 12.9. The van der Waals surface area contributed by atoms with Crippen molar-refractivity contribution in [3.8, 4) is 0 Å². The number of amides is 2. The highest BCUT2D eigenvalue weighted by atomic mass is 16.5. The van der Waals surface area contributed by atoms with E-state index < -0.39 is 0 Å². The van der Waals surface area contributed by atoms with Crippen molar-refractivity contribution in [2.75, 3.05) is 52.5 Å². The molecule has 0 unspecified atom stereocenters. The Balaban J connectivity index is 1.39. The number of aryl methyl sites for hydroxylation is 1. The average molecular weight is 402 g/mol. The predicted octanol–water partition coefficient (Wildman–Crippen LogP) is 0.848. The van der Waals surface area contributed by atoms with Crippen molar-refractivity contribution in [3.05, 3.63) is 23.8 Å². The number of likely N-dealkylation sites (tertiary alicyclic amines) is 2. The molecule has 1 aromatic rings. The first-order chi connectivity index (χ1) is 14.0. The van der Waals surface area contributed by atoms with Crippen molar-refractivity contribution in [2.24, 2.45) is 5.41 Å². The van der Waals surface area contributed by atoms with Gasteiger partial charge < -0.3 is 14.5 Å². The topological polar surface area (TPSA) is 78.9 Å². The van der Waals surface area contributed by atoms with E-state index in [2.05, 4.69) is 14.9 Å². The van der Waals surface area contributed by atoms with Gasteiger partial charge in [-0.25, -0.2) is 0 Å². The maximum Gasteiger partial charge on any atom is 0.236 e. The second-order valence-corrected chi connectivity index (χ2v) is 8.71. The summed E-state index contributed by atoms with van der Waals surface area (Å²) in [4.78, 5) is 40.3. The molecule has 0 bridgehead atoms. The second kappa shape index (κ2) is 8.75. The summed E-state index contributed by atoms with van der Waals surface area (Å²) in [6.07, 6.45) is 6.97. The number of aromatic nitrogens is 2. The summed E-state index contributed by atoms with van der Waals surface area (Å²) in [5.74, 6) is 0.383. The highest BCUT2D eigenvalue weighted by Crippen LogP contribution is 2.39. The lowest BCUT2D eigenvalue weighted by Gasteiger charge is -2.48. The zero-order chi connectivity index (χ0) is 20.3. The Morgan fingerprint density at radius 2 is 1.97 bits per heavy atom. The largest absolute Gasteiger partial charge is 0.379 e. The molecule has 3 fully saturated rings. The van der Waals surface area contributed by atoms with Crippen LogP contribution >= 0.6 is 0 Å². The first-order valence-electron chi connectivity index (χ1n) is 10.7. The number of carbonyl (C=O) groups excluding carboxylic acids is 2. The summed E-state index contributed by atoms with van der Waals surface area (Å²) < 4.78 is 5.38. The molecule has 4 heterocycles. The zero-order valence-corrected chi connectivity index (χ0v) is 17.3. The Morgan fingerprint density at radius 1 is 1.14 bits per heavy atom. The molecule has 2 amide bonds.